The molecule has 0 fully saturated rings. The Kier molecular flexibility index (Phi) is 4.79. The number of nitrogens with zero attached hydrogens (tertiary/aromatic N) is 2. The summed E-state index contributed by atoms with van der Waals surface area (Å²) < 4.78 is 13.5. The highest BCUT2D eigenvalue weighted by Gasteiger charge is 2.12. The van der Waals surface area contributed by atoms with Crippen molar-refractivity contribution in [2.75, 3.05) is 7.11 Å². The SMILES string of the molecule is COc1cccc(OCc2nc3ccccc3n2Cc2ccc(C)cc2)c1. The summed E-state index contributed by atoms with van der Waals surface area (Å²) in [6.07, 6.45) is 0. The van der Waals surface area contributed by atoms with Gasteiger partial charge in [-0.15, -0.1) is 0 Å². The van der Waals surface area contributed by atoms with Crippen LogP contribution < -0.4 is 9.47 Å². The minimum atomic E-state index is 0.397. The maximum absolute atomic E-state index is 6.00. The quantitative estimate of drug-likeness (QED) is 0.488. The van der Waals surface area contributed by atoms with Crippen molar-refractivity contribution >= 4 is 11.0 Å². The number of hydrogen-bond donors (Lipinski definition) is 0. The highest BCUT2D eigenvalue weighted by molar-refractivity contribution is 5.76. The first-order valence-corrected chi connectivity index (χ1v) is 8.99. The number of aromatic nitrogens is 2. The Hall–Kier alpha value is -3.27. The van der Waals surface area contributed by atoms with Crippen LogP contribution in [-0.4, -0.2) is 16.7 Å². The zero-order chi connectivity index (χ0) is 18.6. The number of aryl methyl sites for hydroxylation is 1. The molecule has 0 spiro atoms. The Balaban J connectivity index is 1.64. The Morgan fingerprint density at radius 3 is 2.48 bits per heavy atom. The second-order valence-corrected chi connectivity index (χ2v) is 6.56. The van der Waals surface area contributed by atoms with E-state index in [0.717, 1.165) is 34.9 Å². The number of hydrogen-bond acceptors (Lipinski definition) is 3. The second-order valence-electron chi connectivity index (χ2n) is 6.56. The number of fused-ring (bicyclic) bond motifs is 1. The molecule has 0 aliphatic heterocycles. The van der Waals surface area contributed by atoms with E-state index >= 15 is 0 Å². The number of benzene rings is 3. The highest BCUT2D eigenvalue weighted by atomic mass is 16.5. The minimum Gasteiger partial charge on any atom is -0.497 e. The van der Waals surface area contributed by atoms with Crippen molar-refractivity contribution in [3.63, 3.8) is 0 Å². The lowest BCUT2D eigenvalue weighted by Gasteiger charge is -2.11. The van der Waals surface area contributed by atoms with E-state index in [4.69, 9.17) is 14.5 Å². The van der Waals surface area contributed by atoms with E-state index in [2.05, 4.69) is 41.8 Å². The summed E-state index contributed by atoms with van der Waals surface area (Å²) in [5.41, 5.74) is 4.60. The monoisotopic (exact) mass is 358 g/mol. The summed E-state index contributed by atoms with van der Waals surface area (Å²) in [4.78, 5) is 4.79. The van der Waals surface area contributed by atoms with Crippen LogP contribution in [-0.2, 0) is 13.2 Å². The van der Waals surface area contributed by atoms with Crippen molar-refractivity contribution in [3.8, 4) is 11.5 Å². The van der Waals surface area contributed by atoms with Gasteiger partial charge in [-0.1, -0.05) is 48.0 Å². The zero-order valence-corrected chi connectivity index (χ0v) is 15.6. The summed E-state index contributed by atoms with van der Waals surface area (Å²) in [6.45, 7) is 3.26. The smallest absolute Gasteiger partial charge is 0.148 e. The highest BCUT2D eigenvalue weighted by Crippen LogP contribution is 2.22. The van der Waals surface area contributed by atoms with Gasteiger partial charge < -0.3 is 14.0 Å². The van der Waals surface area contributed by atoms with Crippen LogP contribution in [0, 0.1) is 6.92 Å². The molecule has 0 saturated heterocycles. The van der Waals surface area contributed by atoms with Crippen molar-refractivity contribution in [2.45, 2.75) is 20.1 Å². The van der Waals surface area contributed by atoms with Crippen LogP contribution in [0.4, 0.5) is 0 Å². The average molecular weight is 358 g/mol. The topological polar surface area (TPSA) is 36.3 Å². The molecule has 0 unspecified atom stereocenters. The van der Waals surface area contributed by atoms with Gasteiger partial charge in [-0.3, -0.25) is 0 Å². The number of para-hydroxylation sites is 2. The lowest BCUT2D eigenvalue weighted by atomic mass is 10.1. The van der Waals surface area contributed by atoms with E-state index in [1.807, 2.05) is 42.5 Å². The summed E-state index contributed by atoms with van der Waals surface area (Å²) in [5.74, 6) is 2.45. The third-order valence-corrected chi connectivity index (χ3v) is 4.60. The largest absolute Gasteiger partial charge is 0.497 e. The molecule has 0 aliphatic rings. The lowest BCUT2D eigenvalue weighted by molar-refractivity contribution is 0.289. The van der Waals surface area contributed by atoms with Crippen LogP contribution in [0.3, 0.4) is 0 Å². The predicted octanol–water partition coefficient (Wildman–Crippen LogP) is 4.98. The van der Waals surface area contributed by atoms with Crippen molar-refractivity contribution in [2.24, 2.45) is 0 Å². The molecule has 4 aromatic rings. The molecule has 136 valence electrons. The molecule has 4 heteroatoms. The van der Waals surface area contributed by atoms with Crippen molar-refractivity contribution < 1.29 is 9.47 Å². The van der Waals surface area contributed by atoms with Gasteiger partial charge in [-0.2, -0.15) is 0 Å². The predicted molar refractivity (Wildman–Crippen MR) is 107 cm³/mol. The van der Waals surface area contributed by atoms with Crippen LogP contribution in [0.5, 0.6) is 11.5 Å². The molecular formula is C23H22N2O2. The van der Waals surface area contributed by atoms with E-state index in [0.29, 0.717) is 6.61 Å². The summed E-state index contributed by atoms with van der Waals surface area (Å²) >= 11 is 0. The standard InChI is InChI=1S/C23H22N2O2/c1-17-10-12-18(13-11-17)15-25-22-9-4-3-8-21(22)24-23(25)16-27-20-7-5-6-19(14-20)26-2/h3-14H,15-16H2,1-2H3. The fourth-order valence-corrected chi connectivity index (χ4v) is 3.13. The molecule has 0 bridgehead atoms. The molecule has 3 aromatic carbocycles. The van der Waals surface area contributed by atoms with Gasteiger partial charge in [-0.25, -0.2) is 4.98 Å². The fourth-order valence-electron chi connectivity index (χ4n) is 3.13. The number of imidazole rings is 1. The molecule has 1 heterocycles. The van der Waals surface area contributed by atoms with Gasteiger partial charge in [0, 0.05) is 12.6 Å². The molecule has 27 heavy (non-hydrogen) atoms. The van der Waals surface area contributed by atoms with E-state index in [1.54, 1.807) is 7.11 Å². The van der Waals surface area contributed by atoms with E-state index in [9.17, 15) is 0 Å². The Bertz CT molecular complexity index is 1050. The Morgan fingerprint density at radius 2 is 1.67 bits per heavy atom. The summed E-state index contributed by atoms with van der Waals surface area (Å²) in [7, 11) is 1.65. The third kappa shape index (κ3) is 3.80. The first kappa shape index (κ1) is 17.2. The van der Waals surface area contributed by atoms with Crippen molar-refractivity contribution in [1.29, 1.82) is 0 Å². The molecule has 1 aromatic heterocycles. The Labute approximate surface area is 159 Å². The molecule has 0 amide bonds. The average Bonchev–Trinajstić information content (AvgIpc) is 3.06. The van der Waals surface area contributed by atoms with Crippen LogP contribution in [0.15, 0.2) is 72.8 Å². The van der Waals surface area contributed by atoms with Gasteiger partial charge in [0.15, 0.2) is 0 Å². The number of rotatable bonds is 6. The van der Waals surface area contributed by atoms with Gasteiger partial charge in [0.1, 0.15) is 23.9 Å². The van der Waals surface area contributed by atoms with E-state index in [1.165, 1.54) is 11.1 Å². The van der Waals surface area contributed by atoms with Crippen LogP contribution in [0.2, 0.25) is 0 Å². The third-order valence-electron chi connectivity index (χ3n) is 4.60. The van der Waals surface area contributed by atoms with E-state index < -0.39 is 0 Å². The zero-order valence-electron chi connectivity index (χ0n) is 15.6. The molecular weight excluding hydrogens is 336 g/mol. The minimum absolute atomic E-state index is 0.397. The Morgan fingerprint density at radius 1 is 0.889 bits per heavy atom. The molecule has 4 rings (SSSR count). The second kappa shape index (κ2) is 7.54. The molecule has 0 radical (unpaired) electrons. The van der Waals surface area contributed by atoms with Gasteiger partial charge in [0.2, 0.25) is 0 Å². The summed E-state index contributed by atoms with van der Waals surface area (Å²) in [6, 6.07) is 24.4. The number of methoxy groups -OCH3 is 1. The molecule has 0 aliphatic carbocycles. The molecule has 4 nitrogen and oxygen atoms in total. The van der Waals surface area contributed by atoms with Crippen LogP contribution in [0.25, 0.3) is 11.0 Å². The maximum Gasteiger partial charge on any atom is 0.148 e. The van der Waals surface area contributed by atoms with Crippen molar-refractivity contribution in [1.82, 2.24) is 9.55 Å². The van der Waals surface area contributed by atoms with Gasteiger partial charge >= 0.3 is 0 Å². The van der Waals surface area contributed by atoms with Crippen LogP contribution >= 0.6 is 0 Å². The van der Waals surface area contributed by atoms with E-state index in [-0.39, 0.29) is 0 Å². The molecule has 0 atom stereocenters. The van der Waals surface area contributed by atoms with Gasteiger partial charge in [-0.05, 0) is 36.8 Å². The summed E-state index contributed by atoms with van der Waals surface area (Å²) in [5, 5.41) is 0. The molecule has 0 N–H and O–H groups in total. The maximum atomic E-state index is 6.00. The first-order valence-electron chi connectivity index (χ1n) is 8.99. The van der Waals surface area contributed by atoms with Crippen molar-refractivity contribution in [3.05, 3.63) is 89.7 Å². The van der Waals surface area contributed by atoms with Crippen LogP contribution in [0.1, 0.15) is 17.0 Å². The lowest BCUT2D eigenvalue weighted by Crippen LogP contribution is -2.08. The fraction of sp³-hybridized carbons (Fsp3) is 0.174. The number of ether oxygens (including phenoxy) is 2. The normalized spacial score (nSPS) is 10.9. The van der Waals surface area contributed by atoms with Gasteiger partial charge in [0.25, 0.3) is 0 Å². The molecule has 0 saturated carbocycles. The van der Waals surface area contributed by atoms with Gasteiger partial charge in [0.05, 0.1) is 18.1 Å². The first-order chi connectivity index (χ1) is 13.2.